The van der Waals surface area contributed by atoms with Crippen LogP contribution in [0.2, 0.25) is 0 Å². The number of hydrogen-bond donors (Lipinski definition) is 1. The molecule has 1 heterocycles. The van der Waals surface area contributed by atoms with Gasteiger partial charge in [-0.2, -0.15) is 26.3 Å². The Kier molecular flexibility index (Phi) is 5.02. The van der Waals surface area contributed by atoms with Crippen LogP contribution in [0.15, 0.2) is 36.5 Å². The van der Waals surface area contributed by atoms with Crippen molar-refractivity contribution in [3.05, 3.63) is 47.8 Å². The van der Waals surface area contributed by atoms with Gasteiger partial charge in [-0.15, -0.1) is 0 Å². The van der Waals surface area contributed by atoms with Gasteiger partial charge in [0.2, 0.25) is 0 Å². The van der Waals surface area contributed by atoms with Crippen LogP contribution in [0, 0.1) is 0 Å². The van der Waals surface area contributed by atoms with E-state index in [1.165, 1.54) is 18.2 Å². The summed E-state index contributed by atoms with van der Waals surface area (Å²) in [5.74, 6) is -0.159. The van der Waals surface area contributed by atoms with Crippen molar-refractivity contribution >= 4 is 0 Å². The summed E-state index contributed by atoms with van der Waals surface area (Å²) < 4.78 is 78.7. The molecule has 0 aliphatic heterocycles. The highest BCUT2D eigenvalue weighted by atomic mass is 19.4. The van der Waals surface area contributed by atoms with Crippen molar-refractivity contribution in [2.45, 2.75) is 19.0 Å². The Morgan fingerprint density at radius 1 is 0.958 bits per heavy atom. The second kappa shape index (κ2) is 6.68. The van der Waals surface area contributed by atoms with Crippen LogP contribution >= 0.6 is 0 Å². The zero-order valence-corrected chi connectivity index (χ0v) is 11.9. The maximum atomic E-state index is 12.5. The molecule has 1 N–H and O–H groups in total. The van der Waals surface area contributed by atoms with Crippen molar-refractivity contribution in [2.75, 3.05) is 6.61 Å². The number of aliphatic hydroxyl groups is 1. The Hall–Kier alpha value is -2.29. The van der Waals surface area contributed by atoms with Crippen molar-refractivity contribution in [1.82, 2.24) is 4.98 Å². The van der Waals surface area contributed by atoms with Gasteiger partial charge in [0.15, 0.2) is 6.61 Å². The molecule has 9 heteroatoms. The van der Waals surface area contributed by atoms with Crippen molar-refractivity contribution in [3.8, 4) is 16.9 Å². The molecule has 2 aromatic rings. The molecule has 0 aliphatic rings. The minimum atomic E-state index is -4.59. The third-order valence-corrected chi connectivity index (χ3v) is 2.94. The Labute approximate surface area is 132 Å². The topological polar surface area (TPSA) is 42.4 Å². The minimum absolute atomic E-state index is 0.159. The zero-order chi connectivity index (χ0) is 18.0. The first kappa shape index (κ1) is 18.1. The standard InChI is InChI=1S/C15H11F6NO2/c16-14(17,18)8-24-12-4-9(7-23)3-11(5-12)10-1-2-13(22-6-10)15(19,20)21/h1-6,23H,7-8H2. The summed E-state index contributed by atoms with van der Waals surface area (Å²) in [6.07, 6.45) is -8.18. The van der Waals surface area contributed by atoms with Crippen molar-refractivity contribution in [3.63, 3.8) is 0 Å². The summed E-state index contributed by atoms with van der Waals surface area (Å²) in [6, 6.07) is 5.77. The maximum Gasteiger partial charge on any atom is 0.433 e. The Balaban J connectivity index is 2.32. The highest BCUT2D eigenvalue weighted by molar-refractivity contribution is 5.65. The SMILES string of the molecule is OCc1cc(OCC(F)(F)F)cc(-c2ccc(C(F)(F)F)nc2)c1. The number of hydrogen-bond acceptors (Lipinski definition) is 3. The third kappa shape index (κ3) is 4.85. The van der Waals surface area contributed by atoms with Crippen LogP contribution in [-0.4, -0.2) is 22.9 Å². The summed E-state index contributed by atoms with van der Waals surface area (Å²) in [5.41, 5.74) is -0.308. The average Bonchev–Trinajstić information content (AvgIpc) is 2.51. The molecule has 1 aromatic heterocycles. The quantitative estimate of drug-likeness (QED) is 0.840. The molecule has 24 heavy (non-hydrogen) atoms. The lowest BCUT2D eigenvalue weighted by atomic mass is 10.0. The highest BCUT2D eigenvalue weighted by Gasteiger charge is 2.32. The normalized spacial score (nSPS) is 12.3. The Morgan fingerprint density at radius 3 is 2.17 bits per heavy atom. The number of rotatable bonds is 4. The van der Waals surface area contributed by atoms with Crippen LogP contribution < -0.4 is 4.74 Å². The molecule has 0 atom stereocenters. The van der Waals surface area contributed by atoms with Gasteiger partial charge in [0.05, 0.1) is 6.61 Å². The van der Waals surface area contributed by atoms with Crippen LogP contribution in [-0.2, 0) is 12.8 Å². The maximum absolute atomic E-state index is 12.5. The van der Waals surface area contributed by atoms with E-state index in [0.29, 0.717) is 0 Å². The van der Waals surface area contributed by atoms with Gasteiger partial charge in [-0.05, 0) is 35.4 Å². The minimum Gasteiger partial charge on any atom is -0.484 e. The van der Waals surface area contributed by atoms with Gasteiger partial charge >= 0.3 is 12.4 Å². The molecule has 0 spiro atoms. The first-order chi connectivity index (χ1) is 11.1. The van der Waals surface area contributed by atoms with Gasteiger partial charge in [-0.3, -0.25) is 4.98 Å². The number of alkyl halides is 6. The monoisotopic (exact) mass is 351 g/mol. The Bertz CT molecular complexity index is 695. The van der Waals surface area contributed by atoms with Crippen LogP contribution in [0.1, 0.15) is 11.3 Å². The third-order valence-electron chi connectivity index (χ3n) is 2.94. The van der Waals surface area contributed by atoms with Crippen LogP contribution in [0.4, 0.5) is 26.3 Å². The summed E-state index contributed by atoms with van der Waals surface area (Å²) >= 11 is 0. The number of pyridine rings is 1. The van der Waals surface area contributed by atoms with Gasteiger partial charge in [-0.1, -0.05) is 6.07 Å². The van der Waals surface area contributed by atoms with Crippen molar-refractivity contribution < 1.29 is 36.2 Å². The summed E-state index contributed by atoms with van der Waals surface area (Å²) in [4.78, 5) is 3.29. The molecule has 0 fully saturated rings. The second-order valence-corrected chi connectivity index (χ2v) is 4.86. The molecule has 0 radical (unpaired) electrons. The smallest absolute Gasteiger partial charge is 0.433 e. The lowest BCUT2D eigenvalue weighted by Crippen LogP contribution is -2.19. The largest absolute Gasteiger partial charge is 0.484 e. The molecule has 1 aromatic carbocycles. The molecule has 0 aliphatic carbocycles. The predicted octanol–water partition coefficient (Wildman–Crippen LogP) is 4.20. The molecule has 0 saturated heterocycles. The summed E-state index contributed by atoms with van der Waals surface area (Å²) in [6.45, 7) is -1.99. The molecule has 0 saturated carbocycles. The molecule has 130 valence electrons. The van der Waals surface area contributed by atoms with Gasteiger partial charge in [0, 0.05) is 11.8 Å². The predicted molar refractivity (Wildman–Crippen MR) is 72.1 cm³/mol. The Morgan fingerprint density at radius 2 is 1.67 bits per heavy atom. The van der Waals surface area contributed by atoms with E-state index in [1.54, 1.807) is 0 Å². The molecule has 3 nitrogen and oxygen atoms in total. The molecule has 0 bridgehead atoms. The molecular weight excluding hydrogens is 340 g/mol. The van der Waals surface area contributed by atoms with Crippen LogP contribution in [0.3, 0.4) is 0 Å². The molecule has 0 amide bonds. The number of ether oxygens (including phenoxy) is 1. The van der Waals surface area contributed by atoms with Crippen molar-refractivity contribution in [1.29, 1.82) is 0 Å². The van der Waals surface area contributed by atoms with Crippen LogP contribution in [0.25, 0.3) is 11.1 Å². The van der Waals surface area contributed by atoms with Gasteiger partial charge < -0.3 is 9.84 Å². The van der Waals surface area contributed by atoms with Gasteiger partial charge in [0.25, 0.3) is 0 Å². The molecular formula is C15H11F6NO2. The molecule has 2 rings (SSSR count). The van der Waals surface area contributed by atoms with E-state index < -0.39 is 31.3 Å². The fourth-order valence-electron chi connectivity index (χ4n) is 1.90. The average molecular weight is 351 g/mol. The second-order valence-electron chi connectivity index (χ2n) is 4.86. The number of benzene rings is 1. The van der Waals surface area contributed by atoms with Gasteiger partial charge in [0.1, 0.15) is 11.4 Å². The first-order valence-electron chi connectivity index (χ1n) is 6.56. The van der Waals surface area contributed by atoms with E-state index in [9.17, 15) is 31.4 Å². The van der Waals surface area contributed by atoms with E-state index in [1.807, 2.05) is 0 Å². The number of halogens is 6. The van der Waals surface area contributed by atoms with Crippen LogP contribution in [0.5, 0.6) is 5.75 Å². The van der Waals surface area contributed by atoms with E-state index in [4.69, 9.17) is 0 Å². The molecule has 0 unspecified atom stereocenters. The zero-order valence-electron chi connectivity index (χ0n) is 11.9. The fourth-order valence-corrected chi connectivity index (χ4v) is 1.90. The van der Waals surface area contributed by atoms with E-state index in [0.717, 1.165) is 18.3 Å². The first-order valence-corrected chi connectivity index (χ1v) is 6.56. The highest BCUT2D eigenvalue weighted by Crippen LogP contribution is 2.31. The van der Waals surface area contributed by atoms with E-state index >= 15 is 0 Å². The number of aliphatic hydroxyl groups excluding tert-OH is 1. The van der Waals surface area contributed by atoms with E-state index in [2.05, 4.69) is 9.72 Å². The van der Waals surface area contributed by atoms with Crippen molar-refractivity contribution in [2.24, 2.45) is 0 Å². The number of nitrogens with zero attached hydrogens (tertiary/aromatic N) is 1. The summed E-state index contributed by atoms with van der Waals surface area (Å²) in [5, 5.41) is 9.17. The fraction of sp³-hybridized carbons (Fsp3) is 0.267. The lowest BCUT2D eigenvalue weighted by molar-refractivity contribution is -0.153. The summed E-state index contributed by atoms with van der Waals surface area (Å²) in [7, 11) is 0. The lowest BCUT2D eigenvalue weighted by Gasteiger charge is -2.12. The number of aromatic nitrogens is 1. The van der Waals surface area contributed by atoms with E-state index in [-0.39, 0.29) is 22.4 Å². The van der Waals surface area contributed by atoms with Gasteiger partial charge in [-0.25, -0.2) is 0 Å².